The molecule has 1 aliphatic heterocycles. The van der Waals surface area contributed by atoms with E-state index in [2.05, 4.69) is 15.9 Å². The Labute approximate surface area is 166 Å². The van der Waals surface area contributed by atoms with Crippen LogP contribution in [0.25, 0.3) is 0 Å². The van der Waals surface area contributed by atoms with Crippen molar-refractivity contribution in [2.75, 3.05) is 18.1 Å². The summed E-state index contributed by atoms with van der Waals surface area (Å²) >= 11 is 4.94. The number of hydrogen-bond donors (Lipinski definition) is 0. The number of aryl methyl sites for hydroxylation is 1. The highest BCUT2D eigenvalue weighted by Gasteiger charge is 2.35. The number of ether oxygens (including phenoxy) is 1. The van der Waals surface area contributed by atoms with E-state index in [9.17, 15) is 13.2 Å². The Hall–Kier alpha value is -1.38. The lowest BCUT2D eigenvalue weighted by Gasteiger charge is -2.28. The molecule has 1 amide bonds. The molecule has 0 bridgehead atoms. The third-order valence-electron chi connectivity index (χ3n) is 4.43. The van der Waals surface area contributed by atoms with Crippen molar-refractivity contribution in [3.8, 4) is 5.75 Å². The van der Waals surface area contributed by atoms with E-state index in [1.807, 2.05) is 30.5 Å². The van der Waals surface area contributed by atoms with Gasteiger partial charge in [0, 0.05) is 15.4 Å². The van der Waals surface area contributed by atoms with Gasteiger partial charge in [-0.05, 0) is 54.6 Å². The Morgan fingerprint density at radius 3 is 2.62 bits per heavy atom. The van der Waals surface area contributed by atoms with Gasteiger partial charge in [0.05, 0.1) is 18.1 Å². The van der Waals surface area contributed by atoms with Gasteiger partial charge in [-0.15, -0.1) is 11.3 Å². The van der Waals surface area contributed by atoms with E-state index < -0.39 is 9.84 Å². The number of benzene rings is 1. The van der Waals surface area contributed by atoms with E-state index in [-0.39, 0.29) is 30.1 Å². The number of thiophene rings is 1. The lowest BCUT2D eigenvalue weighted by Crippen LogP contribution is -2.43. The van der Waals surface area contributed by atoms with Gasteiger partial charge in [0.25, 0.3) is 5.91 Å². The molecule has 0 aliphatic carbocycles. The topological polar surface area (TPSA) is 63.7 Å². The summed E-state index contributed by atoms with van der Waals surface area (Å²) in [5.41, 5.74) is 1.11. The van der Waals surface area contributed by atoms with Crippen LogP contribution in [0.1, 0.15) is 16.9 Å². The molecule has 1 unspecified atom stereocenters. The summed E-state index contributed by atoms with van der Waals surface area (Å²) in [6, 6.07) is 8.97. The minimum absolute atomic E-state index is 0.0292. The van der Waals surface area contributed by atoms with E-state index in [0.717, 1.165) is 14.9 Å². The van der Waals surface area contributed by atoms with Gasteiger partial charge < -0.3 is 9.64 Å². The van der Waals surface area contributed by atoms with Crippen molar-refractivity contribution in [3.63, 3.8) is 0 Å². The number of rotatable bonds is 6. The van der Waals surface area contributed by atoms with E-state index in [0.29, 0.717) is 18.7 Å². The molecule has 0 saturated carbocycles. The zero-order valence-corrected chi connectivity index (χ0v) is 17.6. The summed E-state index contributed by atoms with van der Waals surface area (Å²) in [4.78, 5) is 15.6. The first-order valence-corrected chi connectivity index (χ1v) is 11.7. The number of hydrogen-bond acceptors (Lipinski definition) is 5. The first-order chi connectivity index (χ1) is 12.3. The highest BCUT2D eigenvalue weighted by atomic mass is 79.9. The van der Waals surface area contributed by atoms with Crippen molar-refractivity contribution in [1.82, 2.24) is 4.90 Å². The van der Waals surface area contributed by atoms with Crippen LogP contribution in [0, 0.1) is 6.92 Å². The summed E-state index contributed by atoms with van der Waals surface area (Å²) in [7, 11) is -3.07. The number of amides is 1. The van der Waals surface area contributed by atoms with Gasteiger partial charge in [-0.25, -0.2) is 8.42 Å². The molecule has 1 atom stereocenters. The predicted molar refractivity (Wildman–Crippen MR) is 106 cm³/mol. The first-order valence-electron chi connectivity index (χ1n) is 8.25. The number of sulfone groups is 1. The second-order valence-corrected chi connectivity index (χ2v) is 10.5. The molecule has 0 spiro atoms. The molecule has 2 heterocycles. The number of nitrogens with zero attached hydrogens (tertiary/aromatic N) is 1. The lowest BCUT2D eigenvalue weighted by molar-refractivity contribution is -0.135. The smallest absolute Gasteiger partial charge is 0.261 e. The number of halogens is 1. The summed E-state index contributed by atoms with van der Waals surface area (Å²) in [6.07, 6.45) is 0.483. The Bertz CT molecular complexity index is 877. The SMILES string of the molecule is Cc1ccsc1CN(C(=O)COc1ccc(Br)cc1)C1CCS(=O)(=O)C1. The Morgan fingerprint density at radius 2 is 2.04 bits per heavy atom. The second kappa shape index (κ2) is 8.10. The normalized spacial score (nSPS) is 18.6. The molecular formula is C18H20BrNO4S2. The van der Waals surface area contributed by atoms with E-state index >= 15 is 0 Å². The van der Waals surface area contributed by atoms with E-state index in [1.54, 1.807) is 28.4 Å². The maximum Gasteiger partial charge on any atom is 0.261 e. The quantitative estimate of drug-likeness (QED) is 0.666. The van der Waals surface area contributed by atoms with Crippen molar-refractivity contribution in [1.29, 1.82) is 0 Å². The highest BCUT2D eigenvalue weighted by Crippen LogP contribution is 2.24. The summed E-state index contributed by atoms with van der Waals surface area (Å²) in [5.74, 6) is 0.579. The third kappa shape index (κ3) is 4.86. The fourth-order valence-corrected chi connectivity index (χ4v) is 5.82. The Balaban J connectivity index is 1.72. The average Bonchev–Trinajstić information content (AvgIpc) is 3.16. The largest absolute Gasteiger partial charge is 0.484 e. The van der Waals surface area contributed by atoms with Crippen LogP contribution in [0.2, 0.25) is 0 Å². The minimum Gasteiger partial charge on any atom is -0.484 e. The molecule has 8 heteroatoms. The van der Waals surface area contributed by atoms with Crippen molar-refractivity contribution in [3.05, 3.63) is 50.6 Å². The molecule has 2 aromatic rings. The molecule has 1 fully saturated rings. The molecule has 26 heavy (non-hydrogen) atoms. The summed E-state index contributed by atoms with van der Waals surface area (Å²) in [6.45, 7) is 2.31. The maximum absolute atomic E-state index is 12.8. The van der Waals surface area contributed by atoms with Gasteiger partial charge in [0.1, 0.15) is 5.75 Å². The van der Waals surface area contributed by atoms with Crippen LogP contribution in [0.5, 0.6) is 5.75 Å². The highest BCUT2D eigenvalue weighted by molar-refractivity contribution is 9.10. The fourth-order valence-electron chi connectivity index (χ4n) is 2.92. The molecule has 1 aliphatic rings. The van der Waals surface area contributed by atoms with Crippen molar-refractivity contribution < 1.29 is 17.9 Å². The van der Waals surface area contributed by atoms with Crippen molar-refractivity contribution in [2.45, 2.75) is 25.9 Å². The fraction of sp³-hybridized carbons (Fsp3) is 0.389. The molecular weight excluding hydrogens is 438 g/mol. The molecule has 1 aromatic carbocycles. The van der Waals surface area contributed by atoms with Gasteiger partial charge in [-0.3, -0.25) is 4.79 Å². The molecule has 5 nitrogen and oxygen atoms in total. The average molecular weight is 458 g/mol. The van der Waals surface area contributed by atoms with Crippen LogP contribution >= 0.6 is 27.3 Å². The molecule has 0 N–H and O–H groups in total. The molecule has 0 radical (unpaired) electrons. The van der Waals surface area contributed by atoms with Crippen molar-refractivity contribution >= 4 is 43.0 Å². The van der Waals surface area contributed by atoms with Crippen LogP contribution in [-0.4, -0.2) is 43.4 Å². The van der Waals surface area contributed by atoms with Crippen LogP contribution in [0.15, 0.2) is 40.2 Å². The third-order valence-corrected chi connectivity index (χ3v) is 7.71. The number of carbonyl (C=O) groups is 1. The van der Waals surface area contributed by atoms with Gasteiger partial charge in [-0.2, -0.15) is 0 Å². The van der Waals surface area contributed by atoms with Crippen LogP contribution in [0.3, 0.4) is 0 Å². The molecule has 3 rings (SSSR count). The van der Waals surface area contributed by atoms with Gasteiger partial charge in [0.15, 0.2) is 16.4 Å². The van der Waals surface area contributed by atoms with Crippen LogP contribution in [0.4, 0.5) is 0 Å². The predicted octanol–water partition coefficient (Wildman–Crippen LogP) is 3.41. The Kier molecular flexibility index (Phi) is 6.04. The van der Waals surface area contributed by atoms with Gasteiger partial charge in [-0.1, -0.05) is 15.9 Å². The molecule has 140 valence electrons. The molecule has 1 aromatic heterocycles. The molecule has 1 saturated heterocycles. The van der Waals surface area contributed by atoms with E-state index in [4.69, 9.17) is 4.74 Å². The van der Waals surface area contributed by atoms with E-state index in [1.165, 1.54) is 0 Å². The zero-order chi connectivity index (χ0) is 18.7. The standard InChI is InChI=1S/C18H20BrNO4S2/c1-13-6-8-25-17(13)10-20(15-7-9-26(22,23)12-15)18(21)11-24-16-4-2-14(19)3-5-16/h2-6,8,15H,7,9-12H2,1H3. The van der Waals surface area contributed by atoms with Gasteiger partial charge >= 0.3 is 0 Å². The summed E-state index contributed by atoms with van der Waals surface area (Å²) in [5, 5.41) is 1.98. The maximum atomic E-state index is 12.8. The Morgan fingerprint density at radius 1 is 1.31 bits per heavy atom. The monoisotopic (exact) mass is 457 g/mol. The minimum atomic E-state index is -3.07. The lowest BCUT2D eigenvalue weighted by atomic mass is 10.2. The van der Waals surface area contributed by atoms with Crippen LogP contribution in [-0.2, 0) is 21.2 Å². The first kappa shape index (κ1) is 19.4. The zero-order valence-electron chi connectivity index (χ0n) is 14.4. The second-order valence-electron chi connectivity index (χ2n) is 6.35. The number of carbonyl (C=O) groups excluding carboxylic acids is 1. The van der Waals surface area contributed by atoms with Crippen LogP contribution < -0.4 is 4.74 Å². The van der Waals surface area contributed by atoms with Crippen molar-refractivity contribution in [2.24, 2.45) is 0 Å². The van der Waals surface area contributed by atoms with Gasteiger partial charge in [0.2, 0.25) is 0 Å². The summed E-state index contributed by atoms with van der Waals surface area (Å²) < 4.78 is 30.3.